The standard InChI is InChI=1S/C6H4INO4/c7-12-6(11)3-8-4(9)1-2-5(8)10/h1-2H,3H2. The van der Waals surface area contributed by atoms with Crippen molar-refractivity contribution in [2.24, 2.45) is 0 Å². The summed E-state index contributed by atoms with van der Waals surface area (Å²) in [6.07, 6.45) is 2.23. The minimum absolute atomic E-state index is 0.326. The fourth-order valence-electron chi connectivity index (χ4n) is 0.740. The maximum Gasteiger partial charge on any atom is 0.335 e. The lowest BCUT2D eigenvalue weighted by molar-refractivity contribution is -0.144. The van der Waals surface area contributed by atoms with E-state index in [2.05, 4.69) is 3.07 Å². The van der Waals surface area contributed by atoms with E-state index in [9.17, 15) is 14.4 Å². The second-order valence-corrected chi connectivity index (χ2v) is 2.49. The maximum absolute atomic E-state index is 10.8. The molecular formula is C6H4INO4. The molecule has 0 aromatic carbocycles. The van der Waals surface area contributed by atoms with Crippen LogP contribution in [0.2, 0.25) is 0 Å². The average Bonchev–Trinajstić information content (AvgIpc) is 2.35. The topological polar surface area (TPSA) is 63.7 Å². The largest absolute Gasteiger partial charge is 0.393 e. The third kappa shape index (κ3) is 1.81. The molecule has 12 heavy (non-hydrogen) atoms. The summed E-state index contributed by atoms with van der Waals surface area (Å²) in [5.74, 6) is -1.59. The van der Waals surface area contributed by atoms with Crippen LogP contribution in [0.15, 0.2) is 12.2 Å². The van der Waals surface area contributed by atoms with Gasteiger partial charge in [-0.2, -0.15) is 0 Å². The Hall–Kier alpha value is -0.920. The first-order valence-electron chi connectivity index (χ1n) is 3.00. The van der Waals surface area contributed by atoms with Crippen LogP contribution in [0, 0.1) is 0 Å². The molecule has 0 saturated carbocycles. The van der Waals surface area contributed by atoms with E-state index in [4.69, 9.17) is 0 Å². The van der Waals surface area contributed by atoms with Gasteiger partial charge in [0.25, 0.3) is 11.8 Å². The maximum atomic E-state index is 10.8. The van der Waals surface area contributed by atoms with E-state index >= 15 is 0 Å². The SMILES string of the molecule is O=C(CN1C(=O)C=CC1=O)OI. The van der Waals surface area contributed by atoms with Crippen molar-refractivity contribution in [3.05, 3.63) is 12.2 Å². The molecule has 0 fully saturated rings. The zero-order chi connectivity index (χ0) is 9.14. The summed E-state index contributed by atoms with van der Waals surface area (Å²) in [4.78, 5) is 33.2. The minimum atomic E-state index is -0.624. The minimum Gasteiger partial charge on any atom is -0.393 e. The number of nitrogens with zero attached hydrogens (tertiary/aromatic N) is 1. The van der Waals surface area contributed by atoms with Crippen molar-refractivity contribution in [3.63, 3.8) is 0 Å². The van der Waals surface area contributed by atoms with Crippen molar-refractivity contribution >= 4 is 40.8 Å². The highest BCUT2D eigenvalue weighted by atomic mass is 127. The quantitative estimate of drug-likeness (QED) is 0.519. The van der Waals surface area contributed by atoms with E-state index in [0.29, 0.717) is 0 Å². The average molecular weight is 281 g/mol. The number of hydrogen-bond donors (Lipinski definition) is 0. The molecule has 0 radical (unpaired) electrons. The molecule has 0 aromatic heterocycles. The number of hydrogen-bond acceptors (Lipinski definition) is 4. The Labute approximate surface area is 82.0 Å². The smallest absolute Gasteiger partial charge is 0.335 e. The molecule has 0 bridgehead atoms. The van der Waals surface area contributed by atoms with Crippen molar-refractivity contribution in [2.75, 3.05) is 6.54 Å². The van der Waals surface area contributed by atoms with E-state index < -0.39 is 17.8 Å². The zero-order valence-corrected chi connectivity index (χ0v) is 7.98. The number of amides is 2. The fraction of sp³-hybridized carbons (Fsp3) is 0.167. The van der Waals surface area contributed by atoms with Crippen molar-refractivity contribution in [3.8, 4) is 0 Å². The van der Waals surface area contributed by atoms with E-state index in [1.54, 1.807) is 0 Å². The van der Waals surface area contributed by atoms with Crippen LogP contribution in [0.25, 0.3) is 0 Å². The third-order valence-electron chi connectivity index (χ3n) is 1.27. The van der Waals surface area contributed by atoms with Gasteiger partial charge in [0.05, 0.1) is 0 Å². The molecule has 0 aliphatic carbocycles. The monoisotopic (exact) mass is 281 g/mol. The zero-order valence-electron chi connectivity index (χ0n) is 5.82. The van der Waals surface area contributed by atoms with Gasteiger partial charge in [-0.15, -0.1) is 0 Å². The second-order valence-electron chi connectivity index (χ2n) is 2.05. The molecule has 64 valence electrons. The van der Waals surface area contributed by atoms with Gasteiger partial charge in [-0.05, 0) is 0 Å². The normalized spacial score (nSPS) is 15.6. The Morgan fingerprint density at radius 2 is 1.92 bits per heavy atom. The fourth-order valence-corrected chi connectivity index (χ4v) is 0.880. The van der Waals surface area contributed by atoms with Crippen LogP contribution < -0.4 is 0 Å². The van der Waals surface area contributed by atoms with Crippen LogP contribution in [0.1, 0.15) is 0 Å². The highest BCUT2D eigenvalue weighted by Gasteiger charge is 2.25. The Kier molecular flexibility index (Phi) is 2.79. The number of imide groups is 1. The summed E-state index contributed by atoms with van der Waals surface area (Å²) in [7, 11) is 0. The molecule has 0 atom stereocenters. The highest BCUT2D eigenvalue weighted by Crippen LogP contribution is 2.03. The van der Waals surface area contributed by atoms with Crippen molar-refractivity contribution in [2.45, 2.75) is 0 Å². The summed E-state index contributed by atoms with van der Waals surface area (Å²) in [5, 5.41) is 0. The molecule has 1 rings (SSSR count). The molecule has 0 aromatic rings. The molecule has 1 aliphatic rings. The first kappa shape index (κ1) is 9.17. The summed E-state index contributed by atoms with van der Waals surface area (Å²) < 4.78 is 4.27. The van der Waals surface area contributed by atoms with Crippen molar-refractivity contribution in [1.82, 2.24) is 4.90 Å². The van der Waals surface area contributed by atoms with Gasteiger partial charge in [-0.3, -0.25) is 14.5 Å². The third-order valence-corrected chi connectivity index (χ3v) is 1.77. The van der Waals surface area contributed by atoms with Gasteiger partial charge >= 0.3 is 5.97 Å². The predicted octanol–water partition coefficient (Wildman–Crippen LogP) is -0.195. The van der Waals surface area contributed by atoms with Crippen LogP contribution in [0.5, 0.6) is 0 Å². The molecule has 0 N–H and O–H groups in total. The summed E-state index contributed by atoms with van der Waals surface area (Å²) >= 11 is 1.39. The Morgan fingerprint density at radius 1 is 1.42 bits per heavy atom. The molecule has 2 amide bonds. The first-order valence-corrected chi connectivity index (χ1v) is 3.88. The molecule has 1 aliphatic heterocycles. The molecule has 0 unspecified atom stereocenters. The first-order chi connectivity index (χ1) is 5.65. The van der Waals surface area contributed by atoms with E-state index in [-0.39, 0.29) is 6.54 Å². The summed E-state index contributed by atoms with van der Waals surface area (Å²) in [5.41, 5.74) is 0. The van der Waals surface area contributed by atoms with Crippen molar-refractivity contribution < 1.29 is 17.4 Å². The van der Waals surface area contributed by atoms with E-state index in [1.807, 2.05) is 0 Å². The highest BCUT2D eigenvalue weighted by molar-refractivity contribution is 14.1. The van der Waals surface area contributed by atoms with Crippen LogP contribution in [-0.2, 0) is 17.4 Å². The predicted molar refractivity (Wildman–Crippen MR) is 46.0 cm³/mol. The summed E-state index contributed by atoms with van der Waals surface area (Å²) in [6, 6.07) is 0. The van der Waals surface area contributed by atoms with Crippen LogP contribution in [0.3, 0.4) is 0 Å². The van der Waals surface area contributed by atoms with Gasteiger partial charge in [-0.1, -0.05) is 0 Å². The number of carbonyl (C=O) groups excluding carboxylic acids is 3. The van der Waals surface area contributed by atoms with Crippen LogP contribution >= 0.6 is 23.0 Å². The van der Waals surface area contributed by atoms with E-state index in [1.165, 1.54) is 23.0 Å². The Bertz CT molecular complexity index is 255. The van der Waals surface area contributed by atoms with Gasteiger partial charge in [0, 0.05) is 12.2 Å². The molecular weight excluding hydrogens is 277 g/mol. The van der Waals surface area contributed by atoms with Crippen LogP contribution in [-0.4, -0.2) is 29.2 Å². The van der Waals surface area contributed by atoms with Crippen LogP contribution in [0.4, 0.5) is 0 Å². The summed E-state index contributed by atoms with van der Waals surface area (Å²) in [6.45, 7) is -0.326. The Balaban J connectivity index is 2.59. The number of rotatable bonds is 2. The van der Waals surface area contributed by atoms with Gasteiger partial charge in [0.15, 0.2) is 23.0 Å². The van der Waals surface area contributed by atoms with Gasteiger partial charge < -0.3 is 3.07 Å². The lowest BCUT2D eigenvalue weighted by Crippen LogP contribution is -2.34. The Morgan fingerprint density at radius 3 is 2.33 bits per heavy atom. The molecule has 0 saturated heterocycles. The van der Waals surface area contributed by atoms with Crippen molar-refractivity contribution in [1.29, 1.82) is 0 Å². The molecule has 0 spiro atoms. The van der Waals surface area contributed by atoms with Gasteiger partial charge in [0.1, 0.15) is 6.54 Å². The lowest BCUT2D eigenvalue weighted by atomic mass is 10.5. The van der Waals surface area contributed by atoms with Gasteiger partial charge in [-0.25, -0.2) is 4.79 Å². The second kappa shape index (κ2) is 3.65. The lowest BCUT2D eigenvalue weighted by Gasteiger charge is -2.09. The molecule has 5 nitrogen and oxygen atoms in total. The molecule has 6 heteroatoms. The number of carbonyl (C=O) groups is 3. The number of halogens is 1. The molecule has 1 heterocycles. The van der Waals surface area contributed by atoms with Gasteiger partial charge in [0.2, 0.25) is 0 Å². The van der Waals surface area contributed by atoms with E-state index in [0.717, 1.165) is 17.1 Å².